The SMILES string of the molecule is C/C(=N\Nc1ccc(C(=O)O)cc1)c1ccccc1.CC(=O)OO.CC(=O)c1ccccc1.COC(=O)c1ccc(-n2cc(C#N)c(-c3ccccc3)n2)cc1.COC(=O)c1ccc(-n2cc(C=O)c(-c3ccccc3)n2)cc1.COC(=O)c1ccc(N/N=C(\C)c2ccccc2)cc1.Cl.N#Cc1cn(-c2ccc(C(=O)O)cc2)nc1-c1ccccc1.NNc1ccc(C(=O)O)cc1.NO.O=CO[O-].O=P(Cl)(Cl)Cl.[H-].[Na+].[Na+]. The molecule has 0 unspecified atom stereocenters. The number of carboxylic acids is 3. The van der Waals surface area contributed by atoms with Gasteiger partial charge in [0.2, 0.25) is 0 Å². The first-order valence-electron chi connectivity index (χ1n) is 41.2. The number of anilines is 3. The van der Waals surface area contributed by atoms with Crippen LogP contribution >= 0.6 is 51.3 Å². The number of aromatic nitrogens is 6. The number of hydrogen-bond acceptors (Lipinski definition) is 31. The van der Waals surface area contributed by atoms with E-state index < -0.39 is 35.0 Å². The van der Waals surface area contributed by atoms with E-state index in [1.807, 2.05) is 196 Å². The van der Waals surface area contributed by atoms with E-state index in [1.165, 1.54) is 57.7 Å². The van der Waals surface area contributed by atoms with Gasteiger partial charge in [0.15, 0.2) is 12.1 Å². The van der Waals surface area contributed by atoms with Gasteiger partial charge in [-0.25, -0.2) is 53.5 Å². The van der Waals surface area contributed by atoms with Crippen molar-refractivity contribution in [3.05, 3.63) is 413 Å². The Kier molecular flexibility index (Phi) is 59.9. The molecule has 0 radical (unpaired) electrons. The number of rotatable bonds is 22. The molecule has 0 aliphatic rings. The Morgan fingerprint density at radius 3 is 0.890 bits per heavy atom. The largest absolute Gasteiger partial charge is 1.00 e. The number of benzene rings is 12. The van der Waals surface area contributed by atoms with Crippen molar-refractivity contribution in [2.45, 2.75) is 27.7 Å². The molecule has 0 saturated carbocycles. The van der Waals surface area contributed by atoms with Crippen LogP contribution in [0, 0.1) is 22.7 Å². The normalized spacial score (nSPS) is 9.76. The zero-order chi connectivity index (χ0) is 105. The number of carboxylic acid groups (broad SMARTS) is 3. The van der Waals surface area contributed by atoms with Crippen LogP contribution in [-0.2, 0) is 38.1 Å². The Labute approximate surface area is 903 Å². The predicted molar refractivity (Wildman–Crippen MR) is 546 cm³/mol. The van der Waals surface area contributed by atoms with Gasteiger partial charge in [-0.15, -0.1) is 12.4 Å². The van der Waals surface area contributed by atoms with Gasteiger partial charge in [-0.3, -0.25) is 35.6 Å². The Bertz CT molecular complexity index is 6810. The number of esters is 3. The molecule has 0 spiro atoms. The van der Waals surface area contributed by atoms with Crippen molar-refractivity contribution >= 4 is 140 Å². The summed E-state index contributed by atoms with van der Waals surface area (Å²) in [6.07, 6.45) is 5.77. The number of nitrogen functional groups attached to an aromatic ring is 1. The minimum atomic E-state index is -3.22. The number of hydrogen-bond donors (Lipinski definition) is 10. The van der Waals surface area contributed by atoms with Crippen LogP contribution in [0.2, 0.25) is 0 Å². The summed E-state index contributed by atoms with van der Waals surface area (Å²) in [6, 6.07) is 101. The number of nitrogens with zero attached hydrogens (tertiary/aromatic N) is 10. The fourth-order valence-electron chi connectivity index (χ4n) is 11.4. The summed E-state index contributed by atoms with van der Waals surface area (Å²) in [6.45, 7) is 6.34. The number of ketones is 1. The molecular weight excluding hydrogens is 2010 g/mol. The van der Waals surface area contributed by atoms with Crippen LogP contribution in [0.3, 0.4) is 0 Å². The number of hydrazone groups is 2. The number of hydrazine groups is 1. The Balaban J connectivity index is 0.000000843. The monoisotopic (exact) mass is 2100 g/mol. The minimum absolute atomic E-state index is 0. The molecule has 44 heteroatoms. The standard InChI is InChI=1S/C18H13N3O2.C18H14N2O3.C17H11N3O2.C16H16N2O2.C15H14N2O2.C8H8O.C7H8N2O2.C2H4O3.CH2O3.Cl3OP.ClH.H3NO.2Na.H/c1-23-18(22)14-7-9-16(10-8-14)21-12-15(11-19)17(20-21)13-5-3-2-4-6-13;1-23-18(22)14-7-9-16(10-8-14)20-11-15(12-21)17(19-20)13-5-3-2-4-6-13;18-10-14-11-20(15-8-6-13(7-9-15)17(21)22)19-16(14)12-4-2-1-3-5-12;1-12(13-6-4-3-5-7-13)17-18-15-10-8-14(9-11-15)16(19)20-2;1-11(12-5-3-2-4-6-12)16-17-14-9-7-13(8-10-14)15(18)19;1-7(9)8-5-3-2-4-6-8;8-9-6-3-1-5(2-4-6)7(10)11;1-2(3)5-4;2-1-4-3;1-5(2,3)4;;1-2;;;/h2-10,12H,1H3;2-12H,1H3;1-9,11H,(H,21,22);3-11,18H,1-2H3;2-10,17H,1H3,(H,18,19);2-6H,1H3;1-4,9H,8H2,(H,10,11);4H,1H3;1,3H;;1H;2H,1H2;;;/q;;;;;;;;;;;;2*+1;-1/p-1/b;;;17-12+;16-11+;;;;;;;;;;. The van der Waals surface area contributed by atoms with Crippen LogP contribution in [0.25, 0.3) is 50.8 Å². The van der Waals surface area contributed by atoms with Crippen molar-refractivity contribution in [1.29, 1.82) is 10.5 Å². The Morgan fingerprint density at radius 1 is 0.411 bits per heavy atom. The van der Waals surface area contributed by atoms with Gasteiger partial charge in [-0.05, 0) is 211 Å². The van der Waals surface area contributed by atoms with Crippen LogP contribution in [0.5, 0.6) is 0 Å². The zero-order valence-corrected chi connectivity index (χ0v) is 87.3. The number of methoxy groups -OCH3 is 3. The number of nitrogens with two attached hydrogens (primary N) is 2. The van der Waals surface area contributed by atoms with E-state index >= 15 is 0 Å². The first-order chi connectivity index (χ1) is 68.7. The molecule has 0 bridgehead atoms. The van der Waals surface area contributed by atoms with E-state index in [9.17, 15) is 58.2 Å². The van der Waals surface area contributed by atoms with Gasteiger partial charge in [0.25, 0.3) is 6.47 Å². The second kappa shape index (κ2) is 69.2. The molecule has 15 aromatic rings. The van der Waals surface area contributed by atoms with E-state index in [-0.39, 0.29) is 114 Å². The molecule has 0 aliphatic heterocycles. The van der Waals surface area contributed by atoms with Gasteiger partial charge in [0.1, 0.15) is 29.2 Å². The maximum absolute atomic E-state index is 11.5. The second-order valence-corrected chi connectivity index (χ2v) is 34.5. The average molecular weight is 2100 g/mol. The third-order valence-corrected chi connectivity index (χ3v) is 18.3. The molecule has 744 valence electrons. The maximum Gasteiger partial charge on any atom is 1.00 e. The molecule has 37 nitrogen and oxygen atoms in total. The number of nitriles is 2. The summed E-state index contributed by atoms with van der Waals surface area (Å²) < 4.78 is 28.3. The smallest absolute Gasteiger partial charge is 1.00 e. The predicted octanol–water partition coefficient (Wildman–Crippen LogP) is 13.7. The van der Waals surface area contributed by atoms with Gasteiger partial charge in [0, 0.05) is 53.5 Å². The van der Waals surface area contributed by atoms with E-state index in [4.69, 9.17) is 41.7 Å². The molecule has 146 heavy (non-hydrogen) atoms. The second-order valence-electron chi connectivity index (χ2n) is 27.8. The molecule has 0 fully saturated rings. The zero-order valence-electron chi connectivity index (χ0n) is 80.4. The number of aromatic carboxylic acids is 3. The van der Waals surface area contributed by atoms with Crippen molar-refractivity contribution in [3.63, 3.8) is 0 Å². The van der Waals surface area contributed by atoms with Crippen molar-refractivity contribution in [1.82, 2.24) is 29.3 Å². The molecule has 0 atom stereocenters. The van der Waals surface area contributed by atoms with Gasteiger partial charge in [0.05, 0.1) is 111 Å². The average Bonchev–Trinajstić information content (AvgIpc) is 1.67. The van der Waals surface area contributed by atoms with Crippen LogP contribution in [-0.4, -0.2) is 148 Å². The fraction of sp³-hybridized carbons (Fsp3) is 0.0686. The Morgan fingerprint density at radius 2 is 0.651 bits per heavy atom. The fourth-order valence-corrected chi connectivity index (χ4v) is 11.4. The van der Waals surface area contributed by atoms with Crippen molar-refractivity contribution in [3.8, 4) is 63.0 Å². The summed E-state index contributed by atoms with van der Waals surface area (Å²) >= 11 is 13.8. The molecule has 3 heterocycles. The molecule has 0 amide bonds. The van der Waals surface area contributed by atoms with Crippen LogP contribution in [0.15, 0.2) is 356 Å². The number of nitrogens with one attached hydrogen (secondary N) is 3. The van der Waals surface area contributed by atoms with E-state index in [2.05, 4.69) is 118 Å². The van der Waals surface area contributed by atoms with Crippen LogP contribution in [0.1, 0.15) is 134 Å². The third-order valence-electron chi connectivity index (χ3n) is 18.3. The van der Waals surface area contributed by atoms with E-state index in [0.29, 0.717) is 61.8 Å². The number of halogens is 4. The molecule has 0 saturated heterocycles. The summed E-state index contributed by atoms with van der Waals surface area (Å²) in [5.74, 6) is 4.03. The molecule has 15 rings (SSSR count). The molecule has 3 aromatic heterocycles. The minimum Gasteiger partial charge on any atom is -1.00 e. The number of Topliss-reactive ketones (excluding diaryl/α,β-unsaturated/α-hetero) is 1. The number of ether oxygens (including phenoxy) is 3. The summed E-state index contributed by atoms with van der Waals surface area (Å²) in [5.41, 5.74) is 25.5. The summed E-state index contributed by atoms with van der Waals surface area (Å²) in [7, 11) is 4.04. The summed E-state index contributed by atoms with van der Waals surface area (Å²) in [4.78, 5) is 112. The van der Waals surface area contributed by atoms with Gasteiger partial charge in [-0.2, -0.15) is 41.3 Å². The van der Waals surface area contributed by atoms with E-state index in [1.54, 1.807) is 149 Å². The first-order valence-corrected chi connectivity index (χ1v) is 45.7. The van der Waals surface area contributed by atoms with Crippen molar-refractivity contribution < 1.29 is 168 Å². The summed E-state index contributed by atoms with van der Waals surface area (Å²) in [5, 5.41) is 85.8. The van der Waals surface area contributed by atoms with Crippen LogP contribution < -0.4 is 92.4 Å². The molecular formula is C102H94Cl4N15Na2O22P. The molecule has 12 aromatic carbocycles. The quantitative estimate of drug-likeness (QED) is 0.00288. The van der Waals surface area contributed by atoms with Gasteiger partial charge in [-0.1, -0.05) is 182 Å². The molecule has 0 aliphatic carbocycles. The number of carbonyl (C=O) groups is 10. The Hall–Kier alpha value is -15.7. The third kappa shape index (κ3) is 44.8. The van der Waals surface area contributed by atoms with Crippen molar-refractivity contribution in [2.24, 2.45) is 21.9 Å². The van der Waals surface area contributed by atoms with E-state index in [0.717, 1.165) is 80.8 Å². The van der Waals surface area contributed by atoms with Gasteiger partial charge >= 0.3 is 106 Å². The van der Waals surface area contributed by atoms with Crippen LogP contribution in [0.4, 0.5) is 17.1 Å². The maximum atomic E-state index is 11.5. The molecule has 12 N–H and O–H groups in total. The first kappa shape index (κ1) is 126. The topological polar surface area (TPSA) is 572 Å². The number of carbonyl (C=O) groups excluding carboxylic acids is 7. The number of aldehydes is 1. The van der Waals surface area contributed by atoms with Crippen molar-refractivity contribution in [2.75, 3.05) is 37.6 Å². The van der Waals surface area contributed by atoms with Gasteiger partial charge < -0.3 is 56.6 Å².